The number of pyridine rings is 1. The number of nitrogens with zero attached hydrogens (tertiary/aromatic N) is 1. The van der Waals surface area contributed by atoms with E-state index < -0.39 is 0 Å². The highest BCUT2D eigenvalue weighted by Crippen LogP contribution is 2.31. The zero-order valence-electron chi connectivity index (χ0n) is 16.3. The Balaban J connectivity index is 2.30. The number of aryl methyl sites for hydroxylation is 2. The number of hydrogen-bond donors (Lipinski definition) is 0. The SMILES string of the molecule is CCn1c(-c2ccccc2)c(C)c(=O)c2c(C)c(OCC(C)C)ccc21. The smallest absolute Gasteiger partial charge is 0.193 e. The van der Waals surface area contributed by atoms with Crippen LogP contribution in [0.3, 0.4) is 0 Å². The van der Waals surface area contributed by atoms with E-state index >= 15 is 0 Å². The molecule has 0 saturated carbocycles. The zero-order chi connectivity index (χ0) is 18.8. The van der Waals surface area contributed by atoms with E-state index in [1.165, 1.54) is 0 Å². The topological polar surface area (TPSA) is 31.2 Å². The molecule has 0 unspecified atom stereocenters. The number of ether oxygens (including phenoxy) is 1. The molecule has 0 aliphatic carbocycles. The van der Waals surface area contributed by atoms with E-state index in [0.29, 0.717) is 12.5 Å². The molecule has 0 aliphatic rings. The van der Waals surface area contributed by atoms with E-state index in [0.717, 1.165) is 45.6 Å². The van der Waals surface area contributed by atoms with Gasteiger partial charge in [0.15, 0.2) is 5.43 Å². The average molecular weight is 349 g/mol. The Kier molecular flexibility index (Phi) is 5.17. The highest BCUT2D eigenvalue weighted by atomic mass is 16.5. The van der Waals surface area contributed by atoms with E-state index in [9.17, 15) is 4.79 Å². The summed E-state index contributed by atoms with van der Waals surface area (Å²) in [5.74, 6) is 1.25. The third-order valence-corrected chi connectivity index (χ3v) is 4.81. The standard InChI is InChI=1S/C23H27NO2/c1-6-24-19-12-13-20(26-14-15(2)3)16(4)21(19)23(25)17(5)22(24)18-10-8-7-9-11-18/h7-13,15H,6,14H2,1-5H3. The maximum atomic E-state index is 13.2. The fourth-order valence-corrected chi connectivity index (χ4v) is 3.52. The highest BCUT2D eigenvalue weighted by Gasteiger charge is 2.18. The van der Waals surface area contributed by atoms with Crippen LogP contribution >= 0.6 is 0 Å². The van der Waals surface area contributed by atoms with E-state index in [4.69, 9.17) is 4.74 Å². The Labute approximate surface area is 155 Å². The second kappa shape index (κ2) is 7.36. The lowest BCUT2D eigenvalue weighted by molar-refractivity contribution is 0.270. The van der Waals surface area contributed by atoms with E-state index in [1.54, 1.807) is 0 Å². The van der Waals surface area contributed by atoms with Crippen molar-refractivity contribution in [1.29, 1.82) is 0 Å². The monoisotopic (exact) mass is 349 g/mol. The predicted molar refractivity (Wildman–Crippen MR) is 109 cm³/mol. The van der Waals surface area contributed by atoms with Crippen molar-refractivity contribution < 1.29 is 4.74 Å². The molecule has 0 atom stereocenters. The summed E-state index contributed by atoms with van der Waals surface area (Å²) in [6.07, 6.45) is 0. The van der Waals surface area contributed by atoms with Gasteiger partial charge in [0, 0.05) is 17.7 Å². The van der Waals surface area contributed by atoms with Gasteiger partial charge in [-0.1, -0.05) is 44.2 Å². The molecule has 26 heavy (non-hydrogen) atoms. The number of aromatic nitrogens is 1. The molecule has 3 aromatic rings. The molecular weight excluding hydrogens is 322 g/mol. The number of hydrogen-bond acceptors (Lipinski definition) is 2. The summed E-state index contributed by atoms with van der Waals surface area (Å²) in [7, 11) is 0. The quantitative estimate of drug-likeness (QED) is 0.622. The summed E-state index contributed by atoms with van der Waals surface area (Å²) in [5, 5.41) is 0.769. The third kappa shape index (κ3) is 3.14. The van der Waals surface area contributed by atoms with Gasteiger partial charge in [0.05, 0.1) is 23.2 Å². The van der Waals surface area contributed by atoms with Crippen LogP contribution in [-0.2, 0) is 6.54 Å². The Morgan fingerprint density at radius 1 is 1.00 bits per heavy atom. The maximum Gasteiger partial charge on any atom is 0.193 e. The zero-order valence-corrected chi connectivity index (χ0v) is 16.3. The molecule has 3 rings (SSSR count). The fourth-order valence-electron chi connectivity index (χ4n) is 3.52. The van der Waals surface area contributed by atoms with Gasteiger partial charge in [0.25, 0.3) is 0 Å². The van der Waals surface area contributed by atoms with Gasteiger partial charge in [-0.15, -0.1) is 0 Å². The van der Waals surface area contributed by atoms with Gasteiger partial charge in [-0.3, -0.25) is 4.79 Å². The third-order valence-electron chi connectivity index (χ3n) is 4.81. The first-order chi connectivity index (χ1) is 12.5. The van der Waals surface area contributed by atoms with Crippen LogP contribution in [0.15, 0.2) is 47.3 Å². The maximum absolute atomic E-state index is 13.2. The first kappa shape index (κ1) is 18.2. The average Bonchev–Trinajstić information content (AvgIpc) is 2.64. The molecule has 2 aromatic carbocycles. The molecule has 0 spiro atoms. The van der Waals surface area contributed by atoms with E-state index in [2.05, 4.69) is 37.5 Å². The molecule has 3 heteroatoms. The summed E-state index contributed by atoms with van der Waals surface area (Å²) >= 11 is 0. The Bertz CT molecular complexity index is 985. The second-order valence-corrected chi connectivity index (χ2v) is 7.20. The van der Waals surface area contributed by atoms with Crippen molar-refractivity contribution in [1.82, 2.24) is 4.57 Å². The molecule has 0 aliphatic heterocycles. The van der Waals surface area contributed by atoms with Crippen molar-refractivity contribution in [3.05, 3.63) is 63.8 Å². The number of benzene rings is 2. The van der Waals surface area contributed by atoms with Crippen LogP contribution in [0.4, 0.5) is 0 Å². The van der Waals surface area contributed by atoms with Gasteiger partial charge >= 0.3 is 0 Å². The van der Waals surface area contributed by atoms with Crippen molar-refractivity contribution in [3.8, 4) is 17.0 Å². The molecule has 0 N–H and O–H groups in total. The molecule has 0 amide bonds. The van der Waals surface area contributed by atoms with Crippen LogP contribution in [0.5, 0.6) is 5.75 Å². The van der Waals surface area contributed by atoms with Crippen molar-refractivity contribution in [2.45, 2.75) is 41.2 Å². The Hall–Kier alpha value is -2.55. The van der Waals surface area contributed by atoms with Crippen molar-refractivity contribution >= 4 is 10.9 Å². The molecule has 0 bridgehead atoms. The van der Waals surface area contributed by atoms with E-state index in [-0.39, 0.29) is 5.43 Å². The predicted octanol–water partition coefficient (Wildman–Crippen LogP) is 5.34. The van der Waals surface area contributed by atoms with E-state index in [1.807, 2.05) is 44.2 Å². The molecule has 136 valence electrons. The first-order valence-electron chi connectivity index (χ1n) is 9.30. The molecule has 0 saturated heterocycles. The minimum atomic E-state index is 0.0936. The molecule has 3 nitrogen and oxygen atoms in total. The van der Waals surface area contributed by atoms with Crippen LogP contribution < -0.4 is 10.2 Å². The highest BCUT2D eigenvalue weighted by molar-refractivity contribution is 5.88. The molecule has 1 aromatic heterocycles. The Morgan fingerprint density at radius 2 is 1.69 bits per heavy atom. The van der Waals surface area contributed by atoms with Gasteiger partial charge in [0.1, 0.15) is 5.75 Å². The van der Waals surface area contributed by atoms with Gasteiger partial charge in [-0.25, -0.2) is 0 Å². The largest absolute Gasteiger partial charge is 0.493 e. The molecule has 0 radical (unpaired) electrons. The van der Waals surface area contributed by atoms with Crippen LogP contribution in [0.25, 0.3) is 22.2 Å². The minimum absolute atomic E-state index is 0.0936. The van der Waals surface area contributed by atoms with Gasteiger partial charge in [0.2, 0.25) is 0 Å². The van der Waals surface area contributed by atoms with Crippen LogP contribution in [0, 0.1) is 19.8 Å². The van der Waals surface area contributed by atoms with Crippen LogP contribution in [0.2, 0.25) is 0 Å². The normalized spacial score (nSPS) is 11.3. The van der Waals surface area contributed by atoms with Gasteiger partial charge in [-0.2, -0.15) is 0 Å². The van der Waals surface area contributed by atoms with Gasteiger partial charge in [-0.05, 0) is 44.4 Å². The number of rotatable bonds is 5. The molecule has 0 fully saturated rings. The lowest BCUT2D eigenvalue weighted by Crippen LogP contribution is -2.17. The summed E-state index contributed by atoms with van der Waals surface area (Å²) in [5.41, 5.74) is 4.85. The van der Waals surface area contributed by atoms with Crippen LogP contribution in [-0.4, -0.2) is 11.2 Å². The van der Waals surface area contributed by atoms with Crippen molar-refractivity contribution in [2.24, 2.45) is 5.92 Å². The fraction of sp³-hybridized carbons (Fsp3) is 0.348. The summed E-state index contributed by atoms with van der Waals surface area (Å²) in [6.45, 7) is 11.7. The summed E-state index contributed by atoms with van der Waals surface area (Å²) in [6, 6.07) is 14.2. The molecule has 1 heterocycles. The van der Waals surface area contributed by atoms with Crippen LogP contribution in [0.1, 0.15) is 31.9 Å². The lowest BCUT2D eigenvalue weighted by Gasteiger charge is -2.20. The Morgan fingerprint density at radius 3 is 2.31 bits per heavy atom. The first-order valence-corrected chi connectivity index (χ1v) is 9.30. The summed E-state index contributed by atoms with van der Waals surface area (Å²) < 4.78 is 8.18. The van der Waals surface area contributed by atoms with Crippen molar-refractivity contribution in [3.63, 3.8) is 0 Å². The number of fused-ring (bicyclic) bond motifs is 1. The summed E-state index contributed by atoms with van der Waals surface area (Å²) in [4.78, 5) is 13.2. The van der Waals surface area contributed by atoms with Crippen molar-refractivity contribution in [2.75, 3.05) is 6.61 Å². The molecular formula is C23H27NO2. The minimum Gasteiger partial charge on any atom is -0.493 e. The second-order valence-electron chi connectivity index (χ2n) is 7.20. The lowest BCUT2D eigenvalue weighted by atomic mass is 9.99. The van der Waals surface area contributed by atoms with Gasteiger partial charge < -0.3 is 9.30 Å².